The Kier molecular flexibility index (Phi) is 8.83. The molecule has 0 aromatic heterocycles. The molecule has 2 amide bonds. The van der Waals surface area contributed by atoms with Crippen LogP contribution in [-0.2, 0) is 19.0 Å². The molecular weight excluding hydrogens is 442 g/mol. The molecule has 2 fully saturated rings. The lowest BCUT2D eigenvalue weighted by Gasteiger charge is -2.34. The molecule has 1 aromatic carbocycles. The topological polar surface area (TPSA) is 125 Å². The molecule has 0 aliphatic carbocycles. The fourth-order valence-corrected chi connectivity index (χ4v) is 3.86. The first kappa shape index (κ1) is 25.4. The minimum Gasteiger partial charge on any atom is -0.465 e. The van der Waals surface area contributed by atoms with Gasteiger partial charge in [-0.15, -0.1) is 0 Å². The number of rotatable bonds is 8. The number of carbonyl (C=O) groups excluding carboxylic acids is 3. The van der Waals surface area contributed by atoms with Gasteiger partial charge in [-0.1, -0.05) is 0 Å². The second-order valence-electron chi connectivity index (χ2n) is 8.50. The van der Waals surface area contributed by atoms with Gasteiger partial charge in [0.25, 0.3) is 0 Å². The van der Waals surface area contributed by atoms with Crippen molar-refractivity contribution in [1.82, 2.24) is 15.1 Å². The van der Waals surface area contributed by atoms with Crippen LogP contribution in [0.25, 0.3) is 0 Å². The number of ether oxygens (including phenoxy) is 3. The number of amidine groups is 1. The molecule has 0 spiro atoms. The smallest absolute Gasteiger partial charge is 0.414 e. The molecule has 2 aliphatic heterocycles. The van der Waals surface area contributed by atoms with Crippen molar-refractivity contribution in [3.05, 3.63) is 29.8 Å². The van der Waals surface area contributed by atoms with E-state index >= 15 is 0 Å². The quantitative estimate of drug-likeness (QED) is 0.252. The summed E-state index contributed by atoms with van der Waals surface area (Å²) in [7, 11) is 0. The van der Waals surface area contributed by atoms with Gasteiger partial charge in [0.05, 0.1) is 25.8 Å². The van der Waals surface area contributed by atoms with Gasteiger partial charge in [-0.2, -0.15) is 0 Å². The highest BCUT2D eigenvalue weighted by atomic mass is 16.6. The minimum atomic E-state index is -0.684. The van der Waals surface area contributed by atoms with E-state index in [-0.39, 0.29) is 24.0 Å². The van der Waals surface area contributed by atoms with E-state index in [2.05, 4.69) is 15.1 Å². The second-order valence-corrected chi connectivity index (χ2v) is 8.50. The van der Waals surface area contributed by atoms with Crippen molar-refractivity contribution in [2.75, 3.05) is 57.3 Å². The maximum absolute atomic E-state index is 12.4. The van der Waals surface area contributed by atoms with Crippen LogP contribution >= 0.6 is 0 Å². The Labute approximate surface area is 199 Å². The third kappa shape index (κ3) is 7.16. The summed E-state index contributed by atoms with van der Waals surface area (Å²) in [4.78, 5) is 41.6. The number of anilines is 1. The molecular formula is C23H33N5O6. The molecule has 34 heavy (non-hydrogen) atoms. The summed E-state index contributed by atoms with van der Waals surface area (Å²) < 4.78 is 15.5. The highest BCUT2D eigenvalue weighted by Crippen LogP contribution is 2.23. The monoisotopic (exact) mass is 475 g/mol. The third-order valence-corrected chi connectivity index (χ3v) is 5.50. The van der Waals surface area contributed by atoms with E-state index in [0.29, 0.717) is 37.5 Å². The molecule has 0 bridgehead atoms. The summed E-state index contributed by atoms with van der Waals surface area (Å²) >= 11 is 0. The fourth-order valence-electron chi connectivity index (χ4n) is 3.86. The number of hydrogen-bond acceptors (Lipinski definition) is 9. The molecule has 11 nitrogen and oxygen atoms in total. The molecule has 0 radical (unpaired) electrons. The Morgan fingerprint density at radius 1 is 1.15 bits per heavy atom. The first-order chi connectivity index (χ1) is 16.2. The average molecular weight is 476 g/mol. The standard InChI is InChI=1S/C23H33N5O6/c1-4-32-20(29)15-27-11-9-26(10-12-27)13-19-14-28(23(31)34-19)18-7-5-17(6-8-18)21(24)25-22(30)33-16(2)3/h5-8,16,19H,4,9-15H2,1-3H3,(H2,24,25,30)/t19-/m1/s1. The summed E-state index contributed by atoms with van der Waals surface area (Å²) in [5, 5.41) is 10.4. The van der Waals surface area contributed by atoms with E-state index in [0.717, 1.165) is 26.2 Å². The Morgan fingerprint density at radius 2 is 1.79 bits per heavy atom. The zero-order valence-corrected chi connectivity index (χ0v) is 19.9. The van der Waals surface area contributed by atoms with Crippen LogP contribution in [0.1, 0.15) is 26.3 Å². The minimum absolute atomic E-state index is 0.0822. The molecule has 2 aliphatic rings. The maximum atomic E-state index is 12.4. The third-order valence-electron chi connectivity index (χ3n) is 5.50. The van der Waals surface area contributed by atoms with Gasteiger partial charge in [0.2, 0.25) is 0 Å². The molecule has 2 N–H and O–H groups in total. The van der Waals surface area contributed by atoms with Gasteiger partial charge in [-0.3, -0.25) is 30.2 Å². The molecule has 1 atom stereocenters. The SMILES string of the molecule is CCOC(=O)CN1CCN(C[C@@H]2CN(c3ccc(C(=N)NC(=O)OC(C)C)cc3)C(=O)O2)CC1. The Balaban J connectivity index is 1.47. The first-order valence-corrected chi connectivity index (χ1v) is 11.5. The molecule has 2 heterocycles. The largest absolute Gasteiger partial charge is 0.465 e. The number of benzene rings is 1. The maximum Gasteiger partial charge on any atom is 0.414 e. The van der Waals surface area contributed by atoms with E-state index in [9.17, 15) is 14.4 Å². The number of piperazine rings is 1. The van der Waals surface area contributed by atoms with Crippen molar-refractivity contribution in [2.24, 2.45) is 0 Å². The number of nitrogens with zero attached hydrogens (tertiary/aromatic N) is 3. The van der Waals surface area contributed by atoms with Gasteiger partial charge in [0, 0.05) is 44.0 Å². The van der Waals surface area contributed by atoms with Gasteiger partial charge < -0.3 is 14.2 Å². The van der Waals surface area contributed by atoms with E-state index in [1.807, 2.05) is 0 Å². The lowest BCUT2D eigenvalue weighted by atomic mass is 10.1. The van der Waals surface area contributed by atoms with Crippen LogP contribution in [-0.4, -0.2) is 98.4 Å². The molecule has 1 aromatic rings. The van der Waals surface area contributed by atoms with Crippen molar-refractivity contribution >= 4 is 29.7 Å². The summed E-state index contributed by atoms with van der Waals surface area (Å²) in [6.45, 7) is 10.1. The lowest BCUT2D eigenvalue weighted by molar-refractivity contribution is -0.144. The normalized spacial score (nSPS) is 19.1. The number of esters is 1. The highest BCUT2D eigenvalue weighted by molar-refractivity contribution is 6.04. The van der Waals surface area contributed by atoms with Crippen molar-refractivity contribution in [3.63, 3.8) is 0 Å². The Morgan fingerprint density at radius 3 is 2.41 bits per heavy atom. The number of alkyl carbamates (subject to hydrolysis) is 1. The average Bonchev–Trinajstić information content (AvgIpc) is 3.14. The zero-order valence-electron chi connectivity index (χ0n) is 19.9. The lowest BCUT2D eigenvalue weighted by Crippen LogP contribution is -2.50. The predicted molar refractivity (Wildman–Crippen MR) is 125 cm³/mol. The van der Waals surface area contributed by atoms with Crippen LogP contribution in [0, 0.1) is 5.41 Å². The molecule has 11 heteroatoms. The first-order valence-electron chi connectivity index (χ1n) is 11.5. The van der Waals surface area contributed by atoms with Crippen molar-refractivity contribution in [1.29, 1.82) is 5.41 Å². The van der Waals surface area contributed by atoms with Crippen LogP contribution in [0.4, 0.5) is 15.3 Å². The summed E-state index contributed by atoms with van der Waals surface area (Å²) in [6.07, 6.45) is -1.63. The number of cyclic esters (lactones) is 1. The Bertz CT molecular complexity index is 882. The molecule has 0 unspecified atom stereocenters. The number of nitrogens with one attached hydrogen (secondary N) is 2. The van der Waals surface area contributed by atoms with Gasteiger partial charge in [0.15, 0.2) is 0 Å². The van der Waals surface area contributed by atoms with Crippen LogP contribution in [0.5, 0.6) is 0 Å². The van der Waals surface area contributed by atoms with E-state index in [4.69, 9.17) is 19.6 Å². The number of hydrogen-bond donors (Lipinski definition) is 2. The van der Waals surface area contributed by atoms with Crippen LogP contribution in [0.3, 0.4) is 0 Å². The Hall–Kier alpha value is -3.18. The molecule has 0 saturated carbocycles. The van der Waals surface area contributed by atoms with Gasteiger partial charge in [0.1, 0.15) is 11.9 Å². The second kappa shape index (κ2) is 11.8. The highest BCUT2D eigenvalue weighted by Gasteiger charge is 2.34. The predicted octanol–water partition coefficient (Wildman–Crippen LogP) is 1.65. The van der Waals surface area contributed by atoms with E-state index in [1.165, 1.54) is 0 Å². The van der Waals surface area contributed by atoms with Crippen molar-refractivity contribution < 1.29 is 28.6 Å². The fraction of sp³-hybridized carbons (Fsp3) is 0.565. The van der Waals surface area contributed by atoms with Crippen LogP contribution in [0.15, 0.2) is 24.3 Å². The molecule has 2 saturated heterocycles. The van der Waals surface area contributed by atoms with Gasteiger partial charge in [-0.05, 0) is 45.0 Å². The van der Waals surface area contributed by atoms with Gasteiger partial charge >= 0.3 is 18.2 Å². The molecule has 186 valence electrons. The van der Waals surface area contributed by atoms with Crippen molar-refractivity contribution in [3.8, 4) is 0 Å². The summed E-state index contributed by atoms with van der Waals surface area (Å²) in [5.41, 5.74) is 1.15. The van der Waals surface area contributed by atoms with Crippen molar-refractivity contribution in [2.45, 2.75) is 33.0 Å². The summed E-state index contributed by atoms with van der Waals surface area (Å²) in [5.74, 6) is -0.287. The number of carbonyl (C=O) groups is 3. The zero-order chi connectivity index (χ0) is 24.7. The van der Waals surface area contributed by atoms with Gasteiger partial charge in [-0.25, -0.2) is 9.59 Å². The van der Waals surface area contributed by atoms with E-state index in [1.54, 1.807) is 49.9 Å². The number of amides is 2. The molecule has 3 rings (SSSR count). The van der Waals surface area contributed by atoms with Crippen LogP contribution < -0.4 is 10.2 Å². The summed E-state index contributed by atoms with van der Waals surface area (Å²) in [6, 6.07) is 6.77. The van der Waals surface area contributed by atoms with E-state index < -0.39 is 12.2 Å². The van der Waals surface area contributed by atoms with Crippen LogP contribution in [0.2, 0.25) is 0 Å².